The highest BCUT2D eigenvalue weighted by Gasteiger charge is 2.21. The van der Waals surface area contributed by atoms with Crippen LogP contribution in [0.15, 0.2) is 36.4 Å². The molecule has 2 aromatic carbocycles. The van der Waals surface area contributed by atoms with E-state index in [-0.39, 0.29) is 5.75 Å². The van der Waals surface area contributed by atoms with Crippen molar-refractivity contribution in [1.82, 2.24) is 0 Å². The van der Waals surface area contributed by atoms with Crippen molar-refractivity contribution in [2.75, 3.05) is 11.4 Å². The monoisotopic (exact) mass is 357 g/mol. The molecule has 2 aromatic rings. The molecule has 0 radical (unpaired) electrons. The molecule has 0 N–H and O–H groups in total. The van der Waals surface area contributed by atoms with E-state index < -0.39 is 10.0 Å². The number of anilines is 1. The predicted molar refractivity (Wildman–Crippen MR) is 93.4 cm³/mol. The van der Waals surface area contributed by atoms with Gasteiger partial charge in [-0.05, 0) is 48.7 Å². The fourth-order valence-electron chi connectivity index (χ4n) is 2.16. The van der Waals surface area contributed by atoms with E-state index in [0.29, 0.717) is 21.3 Å². The number of nitrogens with zero attached hydrogens (tertiary/aromatic N) is 1. The van der Waals surface area contributed by atoms with E-state index in [9.17, 15) is 8.42 Å². The van der Waals surface area contributed by atoms with Crippen LogP contribution in [0, 0.1) is 13.8 Å². The molecule has 0 aliphatic carbocycles. The van der Waals surface area contributed by atoms with E-state index in [1.54, 1.807) is 31.3 Å². The highest BCUT2D eigenvalue weighted by atomic mass is 35.5. The number of halogens is 2. The maximum Gasteiger partial charge on any atom is 0.239 e. The Morgan fingerprint density at radius 3 is 2.36 bits per heavy atom. The highest BCUT2D eigenvalue weighted by Crippen LogP contribution is 2.27. The number of hydrogen-bond donors (Lipinski definition) is 0. The van der Waals surface area contributed by atoms with Crippen LogP contribution >= 0.6 is 23.2 Å². The van der Waals surface area contributed by atoms with Crippen molar-refractivity contribution < 1.29 is 8.42 Å². The van der Waals surface area contributed by atoms with Crippen LogP contribution < -0.4 is 4.31 Å². The van der Waals surface area contributed by atoms with Crippen LogP contribution in [0.25, 0.3) is 0 Å². The molecule has 0 fully saturated rings. The first-order valence-electron chi connectivity index (χ1n) is 6.69. The Hall–Kier alpha value is -1.23. The van der Waals surface area contributed by atoms with Gasteiger partial charge in [0.05, 0.1) is 21.5 Å². The summed E-state index contributed by atoms with van der Waals surface area (Å²) in [6.07, 6.45) is 0. The molecule has 0 aliphatic rings. The molecule has 0 aromatic heterocycles. The molecule has 0 saturated carbocycles. The molecule has 22 heavy (non-hydrogen) atoms. The Kier molecular flexibility index (Phi) is 5.05. The molecular formula is C16H17Cl2NO2S. The maximum absolute atomic E-state index is 12.6. The molecule has 0 amide bonds. The van der Waals surface area contributed by atoms with Crippen LogP contribution in [-0.2, 0) is 15.8 Å². The fourth-order valence-corrected chi connectivity index (χ4v) is 3.78. The van der Waals surface area contributed by atoms with Gasteiger partial charge in [-0.15, -0.1) is 0 Å². The average Bonchev–Trinajstić information content (AvgIpc) is 2.45. The molecule has 118 valence electrons. The van der Waals surface area contributed by atoms with E-state index in [1.165, 1.54) is 4.31 Å². The quantitative estimate of drug-likeness (QED) is 0.803. The summed E-state index contributed by atoms with van der Waals surface area (Å²) in [5.41, 5.74) is 3.28. The Bertz CT molecular complexity index is 804. The lowest BCUT2D eigenvalue weighted by Gasteiger charge is -2.22. The number of hydrogen-bond acceptors (Lipinski definition) is 2. The van der Waals surface area contributed by atoms with Gasteiger partial charge in [-0.3, -0.25) is 4.31 Å². The molecule has 0 unspecified atom stereocenters. The van der Waals surface area contributed by atoms with Gasteiger partial charge in [0.25, 0.3) is 0 Å². The minimum Gasteiger partial charge on any atom is -0.273 e. The number of benzene rings is 2. The molecule has 2 rings (SSSR count). The lowest BCUT2D eigenvalue weighted by molar-refractivity contribution is 0.593. The summed E-state index contributed by atoms with van der Waals surface area (Å²) < 4.78 is 26.5. The lowest BCUT2D eigenvalue weighted by atomic mass is 10.1. The zero-order chi connectivity index (χ0) is 16.5. The van der Waals surface area contributed by atoms with E-state index in [1.807, 2.05) is 26.0 Å². The second-order valence-corrected chi connectivity index (χ2v) is 8.01. The minimum absolute atomic E-state index is 0.131. The molecular weight excluding hydrogens is 341 g/mol. The summed E-state index contributed by atoms with van der Waals surface area (Å²) in [4.78, 5) is 0. The van der Waals surface area contributed by atoms with Crippen LogP contribution in [0.3, 0.4) is 0 Å². The van der Waals surface area contributed by atoms with Crippen LogP contribution in [0.1, 0.15) is 16.7 Å². The normalized spacial score (nSPS) is 11.5. The molecule has 3 nitrogen and oxygen atoms in total. The smallest absolute Gasteiger partial charge is 0.239 e. The van der Waals surface area contributed by atoms with Gasteiger partial charge in [0, 0.05) is 7.05 Å². The second-order valence-electron chi connectivity index (χ2n) is 5.19. The van der Waals surface area contributed by atoms with Gasteiger partial charge in [-0.1, -0.05) is 41.4 Å². The van der Waals surface area contributed by atoms with Crippen molar-refractivity contribution in [3.05, 3.63) is 63.1 Å². The van der Waals surface area contributed by atoms with E-state index in [4.69, 9.17) is 23.2 Å². The summed E-state index contributed by atoms with van der Waals surface area (Å²) in [7, 11) is -1.94. The summed E-state index contributed by atoms with van der Waals surface area (Å²) in [6.45, 7) is 3.87. The second kappa shape index (κ2) is 6.49. The first-order chi connectivity index (χ1) is 10.2. The summed E-state index contributed by atoms with van der Waals surface area (Å²) >= 11 is 11.8. The number of aryl methyl sites for hydroxylation is 1. The summed E-state index contributed by atoms with van der Waals surface area (Å²) in [5, 5.41) is 0.759. The minimum atomic E-state index is -3.50. The first-order valence-corrected chi connectivity index (χ1v) is 9.05. The zero-order valence-electron chi connectivity index (χ0n) is 12.6. The third kappa shape index (κ3) is 3.57. The van der Waals surface area contributed by atoms with Crippen molar-refractivity contribution in [2.24, 2.45) is 0 Å². The maximum atomic E-state index is 12.6. The summed E-state index contributed by atoms with van der Waals surface area (Å²) in [6, 6.07) is 10.5. The molecule has 0 saturated heterocycles. The Morgan fingerprint density at radius 1 is 1.05 bits per heavy atom. The molecule has 0 aliphatic heterocycles. The SMILES string of the molecule is Cc1cccc(N(C)S(=O)(=O)Cc2ccc(Cl)c(Cl)c2)c1C. The van der Waals surface area contributed by atoms with Crippen LogP contribution in [0.5, 0.6) is 0 Å². The number of sulfonamides is 1. The van der Waals surface area contributed by atoms with Gasteiger partial charge in [-0.25, -0.2) is 8.42 Å². The van der Waals surface area contributed by atoms with Crippen molar-refractivity contribution in [1.29, 1.82) is 0 Å². The van der Waals surface area contributed by atoms with Gasteiger partial charge < -0.3 is 0 Å². The molecule has 0 atom stereocenters. The Balaban J connectivity index is 2.33. The van der Waals surface area contributed by atoms with Crippen LogP contribution in [0.2, 0.25) is 10.0 Å². The van der Waals surface area contributed by atoms with Crippen LogP contribution in [0.4, 0.5) is 5.69 Å². The first kappa shape index (κ1) is 17.1. The predicted octanol–water partition coefficient (Wildman–Crippen LogP) is 4.58. The van der Waals surface area contributed by atoms with Gasteiger partial charge in [0.2, 0.25) is 10.0 Å². The average molecular weight is 358 g/mol. The lowest BCUT2D eigenvalue weighted by Crippen LogP contribution is -2.28. The van der Waals surface area contributed by atoms with E-state index in [2.05, 4.69) is 0 Å². The van der Waals surface area contributed by atoms with E-state index in [0.717, 1.165) is 11.1 Å². The number of rotatable bonds is 4. The van der Waals surface area contributed by atoms with Crippen molar-refractivity contribution >= 4 is 38.9 Å². The van der Waals surface area contributed by atoms with Crippen molar-refractivity contribution in [2.45, 2.75) is 19.6 Å². The van der Waals surface area contributed by atoms with Crippen molar-refractivity contribution in [3.8, 4) is 0 Å². The van der Waals surface area contributed by atoms with Crippen molar-refractivity contribution in [3.63, 3.8) is 0 Å². The summed E-state index contributed by atoms with van der Waals surface area (Å²) in [5.74, 6) is -0.131. The zero-order valence-corrected chi connectivity index (χ0v) is 14.9. The Morgan fingerprint density at radius 2 is 1.73 bits per heavy atom. The van der Waals surface area contributed by atoms with Gasteiger partial charge in [0.1, 0.15) is 0 Å². The molecule has 0 heterocycles. The van der Waals surface area contributed by atoms with Gasteiger partial charge in [0.15, 0.2) is 0 Å². The highest BCUT2D eigenvalue weighted by molar-refractivity contribution is 7.92. The van der Waals surface area contributed by atoms with E-state index >= 15 is 0 Å². The van der Waals surface area contributed by atoms with Crippen LogP contribution in [-0.4, -0.2) is 15.5 Å². The largest absolute Gasteiger partial charge is 0.273 e. The third-order valence-electron chi connectivity index (χ3n) is 3.67. The standard InChI is InChI=1S/C16H17Cl2NO2S/c1-11-5-4-6-16(12(11)2)19(3)22(20,21)10-13-7-8-14(17)15(18)9-13/h4-9H,10H2,1-3H3. The Labute approximate surface area is 141 Å². The molecule has 6 heteroatoms. The molecule has 0 bridgehead atoms. The third-order valence-corrected chi connectivity index (χ3v) is 6.13. The fraction of sp³-hybridized carbons (Fsp3) is 0.250. The molecule has 0 spiro atoms. The van der Waals surface area contributed by atoms with Gasteiger partial charge >= 0.3 is 0 Å². The van der Waals surface area contributed by atoms with Gasteiger partial charge in [-0.2, -0.15) is 0 Å². The topological polar surface area (TPSA) is 37.4 Å².